The van der Waals surface area contributed by atoms with Crippen molar-refractivity contribution in [3.8, 4) is 0 Å². The second-order valence-corrected chi connectivity index (χ2v) is 7.37. The Labute approximate surface area is 142 Å². The van der Waals surface area contributed by atoms with E-state index in [9.17, 15) is 4.79 Å². The SMILES string of the molecule is C[C@@H]1CN(Cc2cc(=O)oc3cc4c(cc23)CCCC4)C[C@@H](C)O1. The summed E-state index contributed by atoms with van der Waals surface area (Å²) in [6, 6.07) is 6.02. The van der Waals surface area contributed by atoms with E-state index in [4.69, 9.17) is 9.15 Å². The van der Waals surface area contributed by atoms with Crippen LogP contribution >= 0.6 is 0 Å². The minimum atomic E-state index is -0.248. The molecule has 1 aromatic carbocycles. The molecule has 2 aromatic rings. The molecule has 2 heterocycles. The third kappa shape index (κ3) is 3.13. The van der Waals surface area contributed by atoms with Gasteiger partial charge in [-0.25, -0.2) is 4.79 Å². The molecule has 4 nitrogen and oxygen atoms in total. The predicted octanol–water partition coefficient (Wildman–Crippen LogP) is 3.28. The molecule has 4 heteroatoms. The fourth-order valence-corrected chi connectivity index (χ4v) is 4.24. The van der Waals surface area contributed by atoms with Gasteiger partial charge in [-0.3, -0.25) is 4.90 Å². The molecule has 1 saturated heterocycles. The van der Waals surface area contributed by atoms with E-state index in [0.717, 1.165) is 49.0 Å². The van der Waals surface area contributed by atoms with Crippen LogP contribution < -0.4 is 5.63 Å². The molecule has 0 spiro atoms. The first-order chi connectivity index (χ1) is 11.6. The van der Waals surface area contributed by atoms with Crippen molar-refractivity contribution in [3.63, 3.8) is 0 Å². The van der Waals surface area contributed by atoms with E-state index < -0.39 is 0 Å². The zero-order chi connectivity index (χ0) is 16.7. The highest BCUT2D eigenvalue weighted by Gasteiger charge is 2.23. The van der Waals surface area contributed by atoms with E-state index in [1.165, 1.54) is 24.0 Å². The Hall–Kier alpha value is -1.65. The summed E-state index contributed by atoms with van der Waals surface area (Å²) in [4.78, 5) is 14.4. The Morgan fingerprint density at radius 3 is 2.42 bits per heavy atom. The van der Waals surface area contributed by atoms with Gasteiger partial charge in [-0.15, -0.1) is 0 Å². The van der Waals surface area contributed by atoms with E-state index in [2.05, 4.69) is 30.9 Å². The van der Waals surface area contributed by atoms with Crippen LogP contribution in [-0.2, 0) is 24.1 Å². The maximum absolute atomic E-state index is 12.0. The third-order valence-electron chi connectivity index (χ3n) is 5.18. The Kier molecular flexibility index (Phi) is 4.19. The van der Waals surface area contributed by atoms with Crippen molar-refractivity contribution in [1.82, 2.24) is 4.90 Å². The van der Waals surface area contributed by atoms with Gasteiger partial charge >= 0.3 is 5.63 Å². The standard InChI is InChI=1S/C20H25NO3/c1-13-10-21(11-14(2)23-13)12-17-9-20(22)24-19-8-16-6-4-3-5-15(16)7-18(17)19/h7-9,13-14H,3-6,10-12H2,1-2H3/t13-,14-/m1/s1. The van der Waals surface area contributed by atoms with Gasteiger partial charge in [0, 0.05) is 31.1 Å². The molecule has 1 aromatic heterocycles. The molecule has 0 radical (unpaired) electrons. The topological polar surface area (TPSA) is 42.7 Å². The number of nitrogens with zero attached hydrogens (tertiary/aromatic N) is 1. The molecule has 2 atom stereocenters. The number of benzene rings is 1. The van der Waals surface area contributed by atoms with Crippen molar-refractivity contribution >= 4 is 11.0 Å². The molecule has 128 valence electrons. The predicted molar refractivity (Wildman–Crippen MR) is 94.4 cm³/mol. The highest BCUT2D eigenvalue weighted by molar-refractivity contribution is 5.82. The number of aryl methyl sites for hydroxylation is 2. The van der Waals surface area contributed by atoms with Crippen LogP contribution in [0.15, 0.2) is 27.4 Å². The molecule has 4 rings (SSSR count). The summed E-state index contributed by atoms with van der Waals surface area (Å²) in [5, 5.41) is 1.10. The molecule has 1 aliphatic carbocycles. The summed E-state index contributed by atoms with van der Waals surface area (Å²) >= 11 is 0. The number of fused-ring (bicyclic) bond motifs is 2. The van der Waals surface area contributed by atoms with Crippen molar-refractivity contribution in [1.29, 1.82) is 0 Å². The maximum Gasteiger partial charge on any atom is 0.336 e. The van der Waals surface area contributed by atoms with Gasteiger partial charge in [0.2, 0.25) is 0 Å². The van der Waals surface area contributed by atoms with Crippen LogP contribution in [0.25, 0.3) is 11.0 Å². The van der Waals surface area contributed by atoms with Crippen molar-refractivity contribution in [3.05, 3.63) is 45.3 Å². The average Bonchev–Trinajstić information content (AvgIpc) is 2.52. The molecular weight excluding hydrogens is 302 g/mol. The highest BCUT2D eigenvalue weighted by Crippen LogP contribution is 2.28. The van der Waals surface area contributed by atoms with Crippen molar-refractivity contribution in [2.45, 2.75) is 58.3 Å². The normalized spacial score (nSPS) is 24.9. The van der Waals surface area contributed by atoms with Gasteiger partial charge in [-0.2, -0.15) is 0 Å². The van der Waals surface area contributed by atoms with E-state index in [-0.39, 0.29) is 17.8 Å². The third-order valence-corrected chi connectivity index (χ3v) is 5.18. The van der Waals surface area contributed by atoms with Gasteiger partial charge in [-0.05, 0) is 68.4 Å². The Morgan fingerprint density at radius 2 is 1.71 bits per heavy atom. The first-order valence-electron chi connectivity index (χ1n) is 9.05. The first kappa shape index (κ1) is 15.9. The molecule has 1 aliphatic heterocycles. The van der Waals surface area contributed by atoms with Crippen LogP contribution in [0.1, 0.15) is 43.4 Å². The molecule has 0 saturated carbocycles. The largest absolute Gasteiger partial charge is 0.423 e. The minimum absolute atomic E-state index is 0.230. The Bertz CT molecular complexity index is 800. The van der Waals surface area contributed by atoms with Crippen molar-refractivity contribution in [2.75, 3.05) is 13.1 Å². The van der Waals surface area contributed by atoms with Gasteiger partial charge in [0.25, 0.3) is 0 Å². The Morgan fingerprint density at radius 1 is 1.04 bits per heavy atom. The first-order valence-corrected chi connectivity index (χ1v) is 9.05. The van der Waals surface area contributed by atoms with Crippen LogP contribution in [0, 0.1) is 0 Å². The number of ether oxygens (including phenoxy) is 1. The summed E-state index contributed by atoms with van der Waals surface area (Å²) in [5.41, 5.74) is 4.35. The number of morpholine rings is 1. The molecule has 2 aliphatic rings. The van der Waals surface area contributed by atoms with Crippen LogP contribution in [-0.4, -0.2) is 30.2 Å². The zero-order valence-corrected chi connectivity index (χ0v) is 14.5. The van der Waals surface area contributed by atoms with Crippen LogP contribution in [0.5, 0.6) is 0 Å². The second-order valence-electron chi connectivity index (χ2n) is 7.37. The highest BCUT2D eigenvalue weighted by atomic mass is 16.5. The van der Waals surface area contributed by atoms with Crippen LogP contribution in [0.3, 0.4) is 0 Å². The molecule has 0 N–H and O–H groups in total. The number of rotatable bonds is 2. The van der Waals surface area contributed by atoms with Gasteiger partial charge < -0.3 is 9.15 Å². The molecule has 1 fully saturated rings. The Balaban J connectivity index is 1.72. The lowest BCUT2D eigenvalue weighted by atomic mass is 9.90. The quantitative estimate of drug-likeness (QED) is 0.794. The van der Waals surface area contributed by atoms with Crippen LogP contribution in [0.2, 0.25) is 0 Å². The summed E-state index contributed by atoms with van der Waals surface area (Å²) < 4.78 is 11.3. The summed E-state index contributed by atoms with van der Waals surface area (Å²) in [5.74, 6) is 0. The molecule has 0 amide bonds. The van der Waals surface area contributed by atoms with Crippen molar-refractivity contribution in [2.24, 2.45) is 0 Å². The monoisotopic (exact) mass is 327 g/mol. The molecule has 0 bridgehead atoms. The summed E-state index contributed by atoms with van der Waals surface area (Å²) in [6.45, 7) is 6.79. The number of hydrogen-bond acceptors (Lipinski definition) is 4. The second kappa shape index (κ2) is 6.34. The minimum Gasteiger partial charge on any atom is -0.423 e. The van der Waals surface area contributed by atoms with Gasteiger partial charge in [0.15, 0.2) is 0 Å². The van der Waals surface area contributed by atoms with E-state index in [0.29, 0.717) is 0 Å². The van der Waals surface area contributed by atoms with Gasteiger partial charge in [0.05, 0.1) is 12.2 Å². The lowest BCUT2D eigenvalue weighted by Crippen LogP contribution is -2.44. The number of hydrogen-bond donors (Lipinski definition) is 0. The maximum atomic E-state index is 12.0. The molecule has 24 heavy (non-hydrogen) atoms. The average molecular weight is 327 g/mol. The van der Waals surface area contributed by atoms with E-state index >= 15 is 0 Å². The zero-order valence-electron chi connectivity index (χ0n) is 14.5. The van der Waals surface area contributed by atoms with Crippen LogP contribution in [0.4, 0.5) is 0 Å². The van der Waals surface area contributed by atoms with Gasteiger partial charge in [0.1, 0.15) is 5.58 Å². The van der Waals surface area contributed by atoms with E-state index in [1.807, 2.05) is 0 Å². The summed E-state index contributed by atoms with van der Waals surface area (Å²) in [6.07, 6.45) is 5.17. The van der Waals surface area contributed by atoms with Gasteiger partial charge in [-0.1, -0.05) is 0 Å². The molecular formula is C20H25NO3. The smallest absolute Gasteiger partial charge is 0.336 e. The summed E-state index contributed by atoms with van der Waals surface area (Å²) in [7, 11) is 0. The fraction of sp³-hybridized carbons (Fsp3) is 0.550. The van der Waals surface area contributed by atoms with E-state index in [1.54, 1.807) is 6.07 Å². The van der Waals surface area contributed by atoms with Crippen molar-refractivity contribution < 1.29 is 9.15 Å². The lowest BCUT2D eigenvalue weighted by Gasteiger charge is -2.35. The molecule has 0 unspecified atom stereocenters. The lowest BCUT2D eigenvalue weighted by molar-refractivity contribution is -0.0704. The fourth-order valence-electron chi connectivity index (χ4n) is 4.24.